The molecule has 2 rings (SSSR count). The number of hydrogen-bond donors (Lipinski definition) is 1. The highest BCUT2D eigenvalue weighted by Crippen LogP contribution is 2.11. The molecule has 0 saturated heterocycles. The number of aromatic nitrogens is 1. The summed E-state index contributed by atoms with van der Waals surface area (Å²) < 4.78 is 5.52. The minimum Gasteiger partial charge on any atom is -0.444 e. The Morgan fingerprint density at radius 2 is 1.83 bits per heavy atom. The molecule has 0 unspecified atom stereocenters. The van der Waals surface area contributed by atoms with E-state index < -0.39 is 0 Å². The Morgan fingerprint density at radius 3 is 2.44 bits per heavy atom. The number of rotatable bonds is 4. The Balaban J connectivity index is 1.90. The van der Waals surface area contributed by atoms with E-state index in [1.165, 1.54) is 16.7 Å². The van der Waals surface area contributed by atoms with E-state index in [-0.39, 0.29) is 0 Å². The van der Waals surface area contributed by atoms with Crippen LogP contribution in [0.4, 0.5) is 0 Å². The van der Waals surface area contributed by atoms with Gasteiger partial charge in [-0.2, -0.15) is 0 Å². The van der Waals surface area contributed by atoms with Gasteiger partial charge in [-0.15, -0.1) is 0 Å². The zero-order valence-corrected chi connectivity index (χ0v) is 11.5. The maximum absolute atomic E-state index is 5.52. The summed E-state index contributed by atoms with van der Waals surface area (Å²) in [5.41, 5.74) is 4.92. The lowest BCUT2D eigenvalue weighted by molar-refractivity contribution is 0.448. The summed E-state index contributed by atoms with van der Waals surface area (Å²) in [7, 11) is 0. The maximum Gasteiger partial charge on any atom is 0.208 e. The first-order valence-corrected chi connectivity index (χ1v) is 6.26. The summed E-state index contributed by atoms with van der Waals surface area (Å²) in [6.45, 7) is 9.68. The van der Waals surface area contributed by atoms with Crippen molar-refractivity contribution in [3.63, 3.8) is 0 Å². The number of oxazole rings is 1. The lowest BCUT2D eigenvalue weighted by atomic mass is 10.1. The van der Waals surface area contributed by atoms with Crippen LogP contribution in [0.1, 0.15) is 34.0 Å². The van der Waals surface area contributed by atoms with Gasteiger partial charge in [0.25, 0.3) is 0 Å². The molecule has 0 atom stereocenters. The van der Waals surface area contributed by atoms with Gasteiger partial charge in [-0.25, -0.2) is 4.98 Å². The quantitative estimate of drug-likeness (QED) is 0.897. The summed E-state index contributed by atoms with van der Waals surface area (Å²) in [5, 5.41) is 3.35. The van der Waals surface area contributed by atoms with Crippen molar-refractivity contribution in [1.82, 2.24) is 10.3 Å². The fourth-order valence-corrected chi connectivity index (χ4v) is 1.84. The number of hydrogen-bond acceptors (Lipinski definition) is 3. The van der Waals surface area contributed by atoms with Crippen LogP contribution in [0.2, 0.25) is 0 Å². The zero-order valence-electron chi connectivity index (χ0n) is 11.5. The molecule has 0 bridgehead atoms. The predicted molar refractivity (Wildman–Crippen MR) is 72.4 cm³/mol. The maximum atomic E-state index is 5.52. The highest BCUT2D eigenvalue weighted by molar-refractivity contribution is 5.29. The van der Waals surface area contributed by atoms with Gasteiger partial charge >= 0.3 is 0 Å². The minimum atomic E-state index is 0.668. The average molecular weight is 244 g/mol. The molecule has 0 aliphatic rings. The second-order valence-electron chi connectivity index (χ2n) is 4.77. The molecule has 0 saturated carbocycles. The molecule has 18 heavy (non-hydrogen) atoms. The van der Waals surface area contributed by atoms with E-state index in [1.807, 2.05) is 13.8 Å². The molecule has 3 nitrogen and oxygen atoms in total. The molecule has 2 aromatic rings. The van der Waals surface area contributed by atoms with Crippen LogP contribution >= 0.6 is 0 Å². The van der Waals surface area contributed by atoms with Gasteiger partial charge in [0.15, 0.2) is 0 Å². The third-order valence-corrected chi connectivity index (χ3v) is 3.25. The van der Waals surface area contributed by atoms with Gasteiger partial charge in [0.1, 0.15) is 5.76 Å². The first kappa shape index (κ1) is 12.8. The molecule has 0 aliphatic carbocycles. The van der Waals surface area contributed by atoms with Crippen molar-refractivity contribution in [2.75, 3.05) is 0 Å². The Kier molecular flexibility index (Phi) is 3.82. The van der Waals surface area contributed by atoms with Gasteiger partial charge in [-0.3, -0.25) is 0 Å². The molecule has 3 heteroatoms. The number of benzene rings is 1. The fraction of sp³-hybridized carbons (Fsp3) is 0.400. The van der Waals surface area contributed by atoms with E-state index in [0.717, 1.165) is 23.9 Å². The summed E-state index contributed by atoms with van der Waals surface area (Å²) in [6, 6.07) is 6.53. The number of nitrogens with zero attached hydrogens (tertiary/aromatic N) is 1. The molecule has 1 heterocycles. The third kappa shape index (κ3) is 2.99. The Bertz CT molecular complexity index is 524. The summed E-state index contributed by atoms with van der Waals surface area (Å²) in [5.74, 6) is 1.66. The Labute approximate surface area is 108 Å². The highest BCUT2D eigenvalue weighted by Gasteiger charge is 2.04. The van der Waals surface area contributed by atoms with Crippen LogP contribution < -0.4 is 5.32 Å². The molecular weight excluding hydrogens is 224 g/mol. The molecule has 1 aromatic heterocycles. The standard InChI is InChI=1S/C15H20N2O/c1-10-5-6-14(7-11(10)2)8-16-9-15-17-12(3)13(4)18-15/h5-7,16H,8-9H2,1-4H3. The first-order valence-electron chi connectivity index (χ1n) is 6.26. The largest absolute Gasteiger partial charge is 0.444 e. The molecule has 0 amide bonds. The molecule has 1 N–H and O–H groups in total. The molecule has 0 fully saturated rings. The number of nitrogens with one attached hydrogen (secondary N) is 1. The summed E-state index contributed by atoms with van der Waals surface area (Å²) in [6.07, 6.45) is 0. The smallest absolute Gasteiger partial charge is 0.208 e. The van der Waals surface area contributed by atoms with Crippen LogP contribution in [0, 0.1) is 27.7 Å². The van der Waals surface area contributed by atoms with Crippen LogP contribution in [0.5, 0.6) is 0 Å². The molecule has 0 aliphatic heterocycles. The van der Waals surface area contributed by atoms with Crippen molar-refractivity contribution in [3.8, 4) is 0 Å². The van der Waals surface area contributed by atoms with Crippen molar-refractivity contribution in [3.05, 3.63) is 52.2 Å². The van der Waals surface area contributed by atoms with Crippen LogP contribution in [0.15, 0.2) is 22.6 Å². The van der Waals surface area contributed by atoms with E-state index in [2.05, 4.69) is 42.3 Å². The van der Waals surface area contributed by atoms with E-state index in [0.29, 0.717) is 6.54 Å². The third-order valence-electron chi connectivity index (χ3n) is 3.25. The van der Waals surface area contributed by atoms with Crippen LogP contribution in [-0.4, -0.2) is 4.98 Å². The van der Waals surface area contributed by atoms with E-state index >= 15 is 0 Å². The van der Waals surface area contributed by atoms with E-state index in [9.17, 15) is 0 Å². The fourth-order valence-electron chi connectivity index (χ4n) is 1.84. The van der Waals surface area contributed by atoms with Crippen LogP contribution in [0.3, 0.4) is 0 Å². The van der Waals surface area contributed by atoms with Crippen LogP contribution in [-0.2, 0) is 13.1 Å². The monoisotopic (exact) mass is 244 g/mol. The van der Waals surface area contributed by atoms with Crippen molar-refractivity contribution in [2.45, 2.75) is 40.8 Å². The lowest BCUT2D eigenvalue weighted by Crippen LogP contribution is -2.13. The van der Waals surface area contributed by atoms with E-state index in [4.69, 9.17) is 4.42 Å². The van der Waals surface area contributed by atoms with Crippen molar-refractivity contribution < 1.29 is 4.42 Å². The Morgan fingerprint density at radius 1 is 1.06 bits per heavy atom. The highest BCUT2D eigenvalue weighted by atomic mass is 16.4. The van der Waals surface area contributed by atoms with Crippen molar-refractivity contribution in [1.29, 1.82) is 0 Å². The topological polar surface area (TPSA) is 38.1 Å². The molecular formula is C15H20N2O. The predicted octanol–water partition coefficient (Wildman–Crippen LogP) is 3.20. The van der Waals surface area contributed by atoms with Gasteiger partial charge in [-0.1, -0.05) is 18.2 Å². The first-order chi connectivity index (χ1) is 8.56. The van der Waals surface area contributed by atoms with Gasteiger partial charge in [-0.05, 0) is 44.4 Å². The average Bonchev–Trinajstić information content (AvgIpc) is 2.63. The molecule has 0 radical (unpaired) electrons. The summed E-state index contributed by atoms with van der Waals surface area (Å²) in [4.78, 5) is 4.34. The normalized spacial score (nSPS) is 10.9. The molecule has 96 valence electrons. The lowest BCUT2D eigenvalue weighted by Gasteiger charge is -2.05. The van der Waals surface area contributed by atoms with Crippen molar-refractivity contribution >= 4 is 0 Å². The minimum absolute atomic E-state index is 0.668. The molecule has 0 spiro atoms. The van der Waals surface area contributed by atoms with Crippen molar-refractivity contribution in [2.24, 2.45) is 0 Å². The second-order valence-corrected chi connectivity index (χ2v) is 4.77. The van der Waals surface area contributed by atoms with Gasteiger partial charge in [0.05, 0.1) is 12.2 Å². The van der Waals surface area contributed by atoms with Gasteiger partial charge in [0, 0.05) is 6.54 Å². The SMILES string of the molecule is Cc1ccc(CNCc2nc(C)c(C)o2)cc1C. The van der Waals surface area contributed by atoms with Gasteiger partial charge < -0.3 is 9.73 Å². The number of aryl methyl sites for hydroxylation is 4. The Hall–Kier alpha value is -1.61. The zero-order chi connectivity index (χ0) is 13.1. The second kappa shape index (κ2) is 5.36. The van der Waals surface area contributed by atoms with Crippen LogP contribution in [0.25, 0.3) is 0 Å². The van der Waals surface area contributed by atoms with E-state index in [1.54, 1.807) is 0 Å². The molecule has 1 aromatic carbocycles. The summed E-state index contributed by atoms with van der Waals surface area (Å²) >= 11 is 0. The van der Waals surface area contributed by atoms with Gasteiger partial charge in [0.2, 0.25) is 5.89 Å².